The number of methoxy groups -OCH3 is 1. The number of piperazine rings is 1. The molecule has 3 aliphatic rings. The lowest BCUT2D eigenvalue weighted by Gasteiger charge is -2.51. The molecule has 1 aromatic carbocycles. The van der Waals surface area contributed by atoms with Crippen LogP contribution >= 0.6 is 0 Å². The van der Waals surface area contributed by atoms with E-state index in [0.717, 1.165) is 37.1 Å². The number of carbonyl (C=O) groups excluding carboxylic acids is 2. The van der Waals surface area contributed by atoms with Gasteiger partial charge in [0.05, 0.1) is 7.11 Å². The van der Waals surface area contributed by atoms with Gasteiger partial charge in [-0.1, -0.05) is 12.1 Å². The molecule has 1 aromatic rings. The maximum Gasteiger partial charge on any atom is 0.242 e. The number of nitrogens with one attached hydrogen (secondary N) is 2. The first-order valence-electron chi connectivity index (χ1n) is 9.79. The molecular weight excluding hydrogens is 344 g/mol. The number of carbonyl (C=O) groups is 2. The van der Waals surface area contributed by atoms with Crippen LogP contribution in [0.5, 0.6) is 5.75 Å². The van der Waals surface area contributed by atoms with Gasteiger partial charge in [0.1, 0.15) is 11.8 Å². The van der Waals surface area contributed by atoms with Crippen LogP contribution in [0.1, 0.15) is 31.2 Å². The normalized spacial score (nSPS) is 30.6. The molecule has 1 saturated carbocycles. The quantitative estimate of drug-likeness (QED) is 0.822. The molecule has 4 atom stereocenters. The number of nitrogens with zero attached hydrogens (tertiary/aromatic N) is 2. The first-order valence-corrected chi connectivity index (χ1v) is 9.79. The van der Waals surface area contributed by atoms with E-state index in [1.54, 1.807) is 14.2 Å². The molecule has 7 nitrogen and oxygen atoms in total. The van der Waals surface area contributed by atoms with Gasteiger partial charge in [-0.15, -0.1) is 0 Å². The molecule has 2 aliphatic heterocycles. The standard InChI is InChI=1S/C20H28N4O3/c1-21-19(25)14-6-7-16-18(11-14)23(20(26)17-8-9-22-24(16)17)12-13-4-3-5-15(10-13)27-2/h3-5,10,14,16-18,22H,6-9,11-12H2,1-2H3,(H,21,25). The van der Waals surface area contributed by atoms with Gasteiger partial charge >= 0.3 is 0 Å². The van der Waals surface area contributed by atoms with Gasteiger partial charge < -0.3 is 15.0 Å². The van der Waals surface area contributed by atoms with Crippen LogP contribution in [-0.2, 0) is 16.1 Å². The van der Waals surface area contributed by atoms with E-state index in [4.69, 9.17) is 4.74 Å². The molecular formula is C20H28N4O3. The zero-order valence-corrected chi connectivity index (χ0v) is 16.0. The number of rotatable bonds is 4. The summed E-state index contributed by atoms with van der Waals surface area (Å²) < 4.78 is 5.34. The lowest BCUT2D eigenvalue weighted by Crippen LogP contribution is -2.68. The molecule has 0 bridgehead atoms. The molecule has 7 heteroatoms. The van der Waals surface area contributed by atoms with E-state index in [-0.39, 0.29) is 35.9 Å². The molecule has 2 N–H and O–H groups in total. The molecule has 3 fully saturated rings. The predicted octanol–water partition coefficient (Wildman–Crippen LogP) is 0.900. The summed E-state index contributed by atoms with van der Waals surface area (Å²) in [7, 11) is 3.34. The smallest absolute Gasteiger partial charge is 0.242 e. The van der Waals surface area contributed by atoms with E-state index in [1.165, 1.54) is 0 Å². The topological polar surface area (TPSA) is 73.9 Å². The van der Waals surface area contributed by atoms with Crippen molar-refractivity contribution in [2.45, 2.75) is 50.4 Å². The fourth-order valence-corrected chi connectivity index (χ4v) is 4.92. The van der Waals surface area contributed by atoms with E-state index in [9.17, 15) is 9.59 Å². The van der Waals surface area contributed by atoms with Crippen LogP contribution in [0.15, 0.2) is 24.3 Å². The molecule has 2 saturated heterocycles. The zero-order valence-electron chi connectivity index (χ0n) is 16.0. The average molecular weight is 372 g/mol. The minimum absolute atomic E-state index is 0.0315. The number of benzene rings is 1. The highest BCUT2D eigenvalue weighted by Gasteiger charge is 2.51. The maximum atomic E-state index is 13.3. The Morgan fingerprint density at radius 2 is 2.15 bits per heavy atom. The summed E-state index contributed by atoms with van der Waals surface area (Å²) in [5.41, 5.74) is 4.47. The third kappa shape index (κ3) is 3.30. The SMILES string of the molecule is CNC(=O)C1CCC2C(C1)N(Cc1cccc(OC)c1)C(=O)C1CCNN12. The molecule has 146 valence electrons. The number of hydrazine groups is 1. The van der Waals surface area contributed by atoms with E-state index < -0.39 is 0 Å². The van der Waals surface area contributed by atoms with Crippen LogP contribution < -0.4 is 15.5 Å². The number of ether oxygens (including phenoxy) is 1. The lowest BCUT2D eigenvalue weighted by molar-refractivity contribution is -0.157. The Morgan fingerprint density at radius 1 is 1.30 bits per heavy atom. The Balaban J connectivity index is 1.62. The minimum Gasteiger partial charge on any atom is -0.497 e. The van der Waals surface area contributed by atoms with Crippen LogP contribution in [0, 0.1) is 5.92 Å². The third-order valence-corrected chi connectivity index (χ3v) is 6.26. The van der Waals surface area contributed by atoms with Gasteiger partial charge in [-0.25, -0.2) is 5.01 Å². The van der Waals surface area contributed by atoms with Crippen molar-refractivity contribution in [2.24, 2.45) is 5.92 Å². The average Bonchev–Trinajstić information content (AvgIpc) is 3.20. The Bertz CT molecular complexity index is 725. The molecule has 27 heavy (non-hydrogen) atoms. The molecule has 0 radical (unpaired) electrons. The van der Waals surface area contributed by atoms with Gasteiger partial charge in [0.25, 0.3) is 0 Å². The van der Waals surface area contributed by atoms with Crippen molar-refractivity contribution in [3.05, 3.63) is 29.8 Å². The second-order valence-electron chi connectivity index (χ2n) is 7.70. The van der Waals surface area contributed by atoms with Crippen molar-refractivity contribution < 1.29 is 14.3 Å². The Hall–Kier alpha value is -2.12. The van der Waals surface area contributed by atoms with Gasteiger partial charge in [-0.3, -0.25) is 15.0 Å². The van der Waals surface area contributed by atoms with Gasteiger partial charge in [0.15, 0.2) is 0 Å². The Morgan fingerprint density at radius 3 is 2.93 bits per heavy atom. The van der Waals surface area contributed by atoms with Crippen LogP contribution in [-0.4, -0.2) is 60.6 Å². The molecule has 2 amide bonds. The van der Waals surface area contributed by atoms with Crippen LogP contribution in [0.4, 0.5) is 0 Å². The Labute approximate surface area is 160 Å². The molecule has 0 spiro atoms. The second kappa shape index (κ2) is 7.48. The summed E-state index contributed by atoms with van der Waals surface area (Å²) in [4.78, 5) is 27.5. The summed E-state index contributed by atoms with van der Waals surface area (Å²) in [6.45, 7) is 1.40. The van der Waals surface area contributed by atoms with E-state index in [0.29, 0.717) is 13.0 Å². The number of amides is 2. The van der Waals surface area contributed by atoms with Gasteiger partial charge in [-0.2, -0.15) is 0 Å². The van der Waals surface area contributed by atoms with Crippen LogP contribution in [0.25, 0.3) is 0 Å². The summed E-state index contributed by atoms with van der Waals surface area (Å²) in [5, 5.41) is 4.95. The van der Waals surface area contributed by atoms with Gasteiger partial charge in [-0.05, 0) is 43.4 Å². The maximum absolute atomic E-state index is 13.3. The molecule has 4 rings (SSSR count). The first kappa shape index (κ1) is 18.3. The van der Waals surface area contributed by atoms with E-state index in [2.05, 4.69) is 15.8 Å². The minimum atomic E-state index is -0.0894. The third-order valence-electron chi connectivity index (χ3n) is 6.26. The van der Waals surface area contributed by atoms with Crippen molar-refractivity contribution in [1.29, 1.82) is 0 Å². The van der Waals surface area contributed by atoms with Crippen LogP contribution in [0.3, 0.4) is 0 Å². The van der Waals surface area contributed by atoms with Crippen molar-refractivity contribution in [2.75, 3.05) is 20.7 Å². The summed E-state index contributed by atoms with van der Waals surface area (Å²) in [6.07, 6.45) is 3.35. The molecule has 2 heterocycles. The van der Waals surface area contributed by atoms with Crippen LogP contribution in [0.2, 0.25) is 0 Å². The van der Waals surface area contributed by atoms with Crippen molar-refractivity contribution in [1.82, 2.24) is 20.7 Å². The Kier molecular flexibility index (Phi) is 5.06. The molecule has 0 aromatic heterocycles. The zero-order chi connectivity index (χ0) is 19.0. The predicted molar refractivity (Wildman–Crippen MR) is 101 cm³/mol. The highest BCUT2D eigenvalue weighted by molar-refractivity contribution is 5.84. The summed E-state index contributed by atoms with van der Waals surface area (Å²) in [5.74, 6) is 1.01. The van der Waals surface area contributed by atoms with Gasteiger partial charge in [0.2, 0.25) is 11.8 Å². The van der Waals surface area contributed by atoms with E-state index >= 15 is 0 Å². The monoisotopic (exact) mass is 372 g/mol. The second-order valence-corrected chi connectivity index (χ2v) is 7.70. The van der Waals surface area contributed by atoms with E-state index in [1.807, 2.05) is 29.2 Å². The van der Waals surface area contributed by atoms with Crippen molar-refractivity contribution in [3.63, 3.8) is 0 Å². The summed E-state index contributed by atoms with van der Waals surface area (Å²) >= 11 is 0. The number of hydrogen-bond acceptors (Lipinski definition) is 5. The fourth-order valence-electron chi connectivity index (χ4n) is 4.92. The van der Waals surface area contributed by atoms with Gasteiger partial charge in [0, 0.05) is 38.1 Å². The molecule has 1 aliphatic carbocycles. The molecule has 4 unspecified atom stereocenters. The van der Waals surface area contributed by atoms with Crippen molar-refractivity contribution >= 4 is 11.8 Å². The highest BCUT2D eigenvalue weighted by Crippen LogP contribution is 2.38. The largest absolute Gasteiger partial charge is 0.497 e. The van der Waals surface area contributed by atoms with Crippen molar-refractivity contribution in [3.8, 4) is 5.75 Å². The number of hydrogen-bond donors (Lipinski definition) is 2. The number of fused-ring (bicyclic) bond motifs is 3. The summed E-state index contributed by atoms with van der Waals surface area (Å²) in [6, 6.07) is 8.10. The fraction of sp³-hybridized carbons (Fsp3) is 0.600. The first-order chi connectivity index (χ1) is 13.1. The highest BCUT2D eigenvalue weighted by atomic mass is 16.5. The lowest BCUT2D eigenvalue weighted by atomic mass is 9.78.